The van der Waals surface area contributed by atoms with Gasteiger partial charge in [-0.25, -0.2) is 19.4 Å². The molecule has 11 nitrogen and oxygen atoms in total. The summed E-state index contributed by atoms with van der Waals surface area (Å²) in [5.41, 5.74) is 2.37. The second-order valence-electron chi connectivity index (χ2n) is 10.1. The van der Waals surface area contributed by atoms with Gasteiger partial charge >= 0.3 is 6.03 Å². The highest BCUT2D eigenvalue weighted by Crippen LogP contribution is 2.34. The maximum absolute atomic E-state index is 13.2. The minimum absolute atomic E-state index is 0.232. The van der Waals surface area contributed by atoms with Gasteiger partial charge in [-0.05, 0) is 36.6 Å². The monoisotopic (exact) mass is 571 g/mol. The van der Waals surface area contributed by atoms with Gasteiger partial charge in [-0.1, -0.05) is 26.8 Å². The molecule has 0 saturated heterocycles. The molecule has 0 spiro atoms. The summed E-state index contributed by atoms with van der Waals surface area (Å²) in [5.74, 6) is 2.17. The predicted octanol–water partition coefficient (Wildman–Crippen LogP) is 5.97. The molecule has 5 rings (SSSR count). The molecule has 0 radical (unpaired) electrons. The Hall–Kier alpha value is -4.84. The van der Waals surface area contributed by atoms with E-state index in [0.717, 1.165) is 16.3 Å². The number of rotatable bonds is 7. The minimum atomic E-state index is -0.424. The molecule has 3 N–H and O–H groups in total. The molecular weight excluding hydrogens is 542 g/mol. The summed E-state index contributed by atoms with van der Waals surface area (Å²) >= 11 is 1.46. The maximum atomic E-state index is 13.2. The van der Waals surface area contributed by atoms with Crippen LogP contribution in [0.3, 0.4) is 0 Å². The zero-order valence-corrected chi connectivity index (χ0v) is 24.0. The van der Waals surface area contributed by atoms with Crippen LogP contribution >= 0.6 is 11.8 Å². The first-order valence-electron chi connectivity index (χ1n) is 12.7. The zero-order chi connectivity index (χ0) is 29.1. The predicted molar refractivity (Wildman–Crippen MR) is 160 cm³/mol. The van der Waals surface area contributed by atoms with E-state index < -0.39 is 6.03 Å². The molecule has 0 aliphatic rings. The molecule has 3 aromatic heterocycles. The van der Waals surface area contributed by atoms with Gasteiger partial charge in [0.05, 0.1) is 30.4 Å². The molecular formula is C29H29N7O4S. The van der Waals surface area contributed by atoms with Crippen LogP contribution < -0.4 is 25.7 Å². The van der Waals surface area contributed by atoms with E-state index >= 15 is 0 Å². The lowest BCUT2D eigenvalue weighted by Gasteiger charge is -2.14. The number of nitrogens with zero attached hydrogens (tertiary/aromatic N) is 4. The standard InChI is InChI=1S/C29H29N7O4S/c1-29(2,3)23-15-24(36(35-23)17-7-6-8-18(13-17)39-4)33-28(38)32-20-10-9-19(14-22(20)41-5)40-21-11-12-30-27-26(21)31-16-25(37)34-27/h6-16H,1-5H3,(H,30,34,37)(H2,32,33,38). The molecule has 2 amide bonds. The molecule has 12 heteroatoms. The number of carbonyl (C=O) groups is 1. The highest BCUT2D eigenvalue weighted by molar-refractivity contribution is 7.98. The van der Waals surface area contributed by atoms with Gasteiger partial charge in [-0.2, -0.15) is 5.10 Å². The minimum Gasteiger partial charge on any atom is -0.497 e. The molecule has 0 atom stereocenters. The van der Waals surface area contributed by atoms with Crippen molar-refractivity contribution >= 4 is 40.5 Å². The number of benzene rings is 2. The number of carbonyl (C=O) groups excluding carboxylic acids is 1. The fourth-order valence-electron chi connectivity index (χ4n) is 4.02. The summed E-state index contributed by atoms with van der Waals surface area (Å²) < 4.78 is 13.1. The van der Waals surface area contributed by atoms with Gasteiger partial charge in [0.25, 0.3) is 5.56 Å². The maximum Gasteiger partial charge on any atom is 0.324 e. The fraction of sp³-hybridized carbons (Fsp3) is 0.207. The van der Waals surface area contributed by atoms with Gasteiger partial charge in [-0.3, -0.25) is 10.1 Å². The first-order valence-corrected chi connectivity index (χ1v) is 13.9. The van der Waals surface area contributed by atoms with E-state index in [1.54, 1.807) is 30.0 Å². The fourth-order valence-corrected chi connectivity index (χ4v) is 4.59. The molecule has 0 saturated carbocycles. The van der Waals surface area contributed by atoms with Crippen LogP contribution in [0.1, 0.15) is 26.5 Å². The number of hydrogen-bond donors (Lipinski definition) is 3. The topological polar surface area (TPSA) is 136 Å². The van der Waals surface area contributed by atoms with Crippen molar-refractivity contribution in [1.29, 1.82) is 0 Å². The summed E-state index contributed by atoms with van der Waals surface area (Å²) in [6.07, 6.45) is 4.62. The van der Waals surface area contributed by atoms with Gasteiger partial charge < -0.3 is 19.8 Å². The lowest BCUT2D eigenvalue weighted by molar-refractivity contribution is 0.262. The largest absolute Gasteiger partial charge is 0.497 e. The molecule has 0 aliphatic carbocycles. The van der Waals surface area contributed by atoms with Crippen LogP contribution in [0.5, 0.6) is 17.2 Å². The number of thioether (sulfide) groups is 1. The normalized spacial score (nSPS) is 11.3. The molecule has 41 heavy (non-hydrogen) atoms. The summed E-state index contributed by atoms with van der Waals surface area (Å²) in [6, 6.07) is 15.9. The Bertz CT molecular complexity index is 1790. The summed E-state index contributed by atoms with van der Waals surface area (Å²) in [7, 11) is 1.60. The van der Waals surface area contributed by atoms with Gasteiger partial charge in [0.15, 0.2) is 11.4 Å². The Balaban J connectivity index is 1.38. The Morgan fingerprint density at radius 1 is 1.02 bits per heavy atom. The van der Waals surface area contributed by atoms with Crippen molar-refractivity contribution in [2.45, 2.75) is 31.1 Å². The van der Waals surface area contributed by atoms with E-state index in [4.69, 9.17) is 14.6 Å². The van der Waals surface area contributed by atoms with Crippen molar-refractivity contribution in [1.82, 2.24) is 24.7 Å². The molecule has 5 aromatic rings. The number of aromatic amines is 1. The molecule has 0 bridgehead atoms. The van der Waals surface area contributed by atoms with Crippen LogP contribution in [0, 0.1) is 0 Å². The third kappa shape index (κ3) is 6.17. The van der Waals surface area contributed by atoms with Crippen molar-refractivity contribution in [3.63, 3.8) is 0 Å². The highest BCUT2D eigenvalue weighted by Gasteiger charge is 2.22. The Labute approximate surface area is 240 Å². The quantitative estimate of drug-likeness (QED) is 0.203. The van der Waals surface area contributed by atoms with Gasteiger partial charge in [0.1, 0.15) is 22.8 Å². The molecule has 0 unspecified atom stereocenters. The summed E-state index contributed by atoms with van der Waals surface area (Å²) in [5, 5.41) is 10.6. The number of pyridine rings is 1. The Kier molecular flexibility index (Phi) is 7.66. The average molecular weight is 572 g/mol. The van der Waals surface area contributed by atoms with Gasteiger partial charge in [0.2, 0.25) is 0 Å². The van der Waals surface area contributed by atoms with Gasteiger partial charge in [0, 0.05) is 34.7 Å². The first-order chi connectivity index (χ1) is 19.6. The third-order valence-electron chi connectivity index (χ3n) is 6.11. The Morgan fingerprint density at radius 3 is 2.61 bits per heavy atom. The van der Waals surface area contributed by atoms with E-state index in [-0.39, 0.29) is 11.0 Å². The number of methoxy groups -OCH3 is 1. The van der Waals surface area contributed by atoms with E-state index in [1.165, 1.54) is 24.2 Å². The van der Waals surface area contributed by atoms with Crippen molar-refractivity contribution in [3.8, 4) is 22.9 Å². The molecule has 210 valence electrons. The van der Waals surface area contributed by atoms with E-state index in [2.05, 4.69) is 46.4 Å². The van der Waals surface area contributed by atoms with Crippen LogP contribution in [0.4, 0.5) is 16.3 Å². The number of aromatic nitrogens is 5. The first kappa shape index (κ1) is 27.7. The van der Waals surface area contributed by atoms with Crippen LogP contribution in [0.2, 0.25) is 0 Å². The third-order valence-corrected chi connectivity index (χ3v) is 6.88. The summed E-state index contributed by atoms with van der Waals surface area (Å²) in [4.78, 5) is 36.5. The van der Waals surface area contributed by atoms with Crippen LogP contribution in [0.25, 0.3) is 16.9 Å². The van der Waals surface area contributed by atoms with Crippen LogP contribution in [-0.2, 0) is 5.41 Å². The zero-order valence-electron chi connectivity index (χ0n) is 23.2. The number of nitrogens with one attached hydrogen (secondary N) is 3. The number of fused-ring (bicyclic) bond motifs is 1. The lowest BCUT2D eigenvalue weighted by atomic mass is 9.92. The molecule has 3 heterocycles. The number of anilines is 2. The van der Waals surface area contributed by atoms with Crippen LogP contribution in [0.15, 0.2) is 76.7 Å². The summed E-state index contributed by atoms with van der Waals surface area (Å²) in [6.45, 7) is 6.19. The smallest absolute Gasteiger partial charge is 0.324 e. The molecule has 0 fully saturated rings. The van der Waals surface area contributed by atoms with Crippen molar-refractivity contribution < 1.29 is 14.3 Å². The Morgan fingerprint density at radius 2 is 1.85 bits per heavy atom. The van der Waals surface area contributed by atoms with Crippen molar-refractivity contribution in [2.75, 3.05) is 24.0 Å². The molecule has 2 aromatic carbocycles. The average Bonchev–Trinajstić information content (AvgIpc) is 3.38. The SMILES string of the molecule is COc1cccc(-n2nc(C(C)(C)C)cc2NC(=O)Nc2ccc(Oc3ccnc4[nH]c(=O)cnc34)cc2SC)c1. The number of amides is 2. The van der Waals surface area contributed by atoms with E-state index in [0.29, 0.717) is 39.9 Å². The lowest BCUT2D eigenvalue weighted by Crippen LogP contribution is -2.21. The van der Waals surface area contributed by atoms with Crippen LogP contribution in [-0.4, -0.2) is 44.1 Å². The highest BCUT2D eigenvalue weighted by atomic mass is 32.2. The second-order valence-corrected chi connectivity index (χ2v) is 10.9. The van der Waals surface area contributed by atoms with Crippen molar-refractivity contribution in [3.05, 3.63) is 83.0 Å². The number of H-pyrrole nitrogens is 1. The number of ether oxygens (including phenoxy) is 2. The van der Waals surface area contributed by atoms with E-state index in [1.807, 2.05) is 42.7 Å². The number of urea groups is 1. The number of hydrogen-bond acceptors (Lipinski definition) is 8. The van der Waals surface area contributed by atoms with Gasteiger partial charge in [-0.15, -0.1) is 11.8 Å². The van der Waals surface area contributed by atoms with Crippen molar-refractivity contribution in [2.24, 2.45) is 0 Å². The van der Waals surface area contributed by atoms with E-state index in [9.17, 15) is 9.59 Å². The molecule has 0 aliphatic heterocycles. The second kappa shape index (κ2) is 11.3.